The molecule has 0 aliphatic carbocycles. The second-order valence-corrected chi connectivity index (χ2v) is 16.6. The summed E-state index contributed by atoms with van der Waals surface area (Å²) in [6, 6.07) is 7.55. The van der Waals surface area contributed by atoms with Crippen LogP contribution in [0.15, 0.2) is 24.3 Å². The van der Waals surface area contributed by atoms with Gasteiger partial charge in [0.15, 0.2) is 5.11 Å². The number of hydrogen-bond donors (Lipinski definition) is 10. The Hall–Kier alpha value is -5.07. The van der Waals surface area contributed by atoms with E-state index in [-0.39, 0.29) is 82.4 Å². The zero-order valence-electron chi connectivity index (χ0n) is 38.4. The van der Waals surface area contributed by atoms with Crippen molar-refractivity contribution in [2.24, 2.45) is 0 Å². The van der Waals surface area contributed by atoms with Crippen LogP contribution in [0.1, 0.15) is 129 Å². The third-order valence-electron chi connectivity index (χ3n) is 9.83. The van der Waals surface area contributed by atoms with Gasteiger partial charge in [-0.3, -0.25) is 54.4 Å². The molecule has 0 fully saturated rings. The van der Waals surface area contributed by atoms with E-state index in [9.17, 15) is 54.4 Å². The molecule has 0 aliphatic rings. The average Bonchev–Trinajstić information content (AvgIpc) is 3.28. The Morgan fingerprint density at radius 2 is 0.727 bits per heavy atom. The van der Waals surface area contributed by atoms with Gasteiger partial charge in [-0.2, -0.15) is 0 Å². The number of nitrogens with one attached hydrogen (secondary N) is 6. The predicted octanol–water partition coefficient (Wildman–Crippen LogP) is 3.99. The molecule has 0 radical (unpaired) electrons. The molecular weight excluding hydrogens is 897 g/mol. The van der Waals surface area contributed by atoms with E-state index >= 15 is 0 Å². The smallest absolute Gasteiger partial charge is 0.246 e. The van der Waals surface area contributed by atoms with Gasteiger partial charge in [-0.05, 0) is 120 Å². The van der Waals surface area contributed by atoms with Gasteiger partial charge in [0, 0.05) is 109 Å². The van der Waals surface area contributed by atoms with E-state index in [4.69, 9.17) is 24.4 Å². The Kier molecular flexibility index (Phi) is 32.2. The molecule has 0 heterocycles. The van der Waals surface area contributed by atoms with Crippen LogP contribution in [0, 0.1) is 0 Å². The predicted molar refractivity (Wildman–Crippen MR) is 254 cm³/mol. The van der Waals surface area contributed by atoms with Gasteiger partial charge < -0.3 is 31.9 Å². The monoisotopic (exact) mass is 968 g/mol. The largest absolute Gasteiger partial charge is 0.362 e. The number of thiocarbonyl (C=S) groups is 2. The highest BCUT2D eigenvalue weighted by Crippen LogP contribution is 2.14. The number of carbonyl (C=O) groups excluding carboxylic acids is 7. The highest BCUT2D eigenvalue weighted by Gasteiger charge is 2.16. The van der Waals surface area contributed by atoms with Crippen molar-refractivity contribution in [3.8, 4) is 0 Å². The Labute approximate surface area is 398 Å². The van der Waals surface area contributed by atoms with Crippen molar-refractivity contribution in [2.75, 3.05) is 63.0 Å². The van der Waals surface area contributed by atoms with Crippen LogP contribution in [0.4, 0.5) is 11.4 Å². The molecule has 1 aromatic carbocycles. The van der Waals surface area contributed by atoms with Gasteiger partial charge in [-0.1, -0.05) is 12.2 Å². The van der Waals surface area contributed by atoms with Crippen LogP contribution in [0.5, 0.6) is 0 Å². The summed E-state index contributed by atoms with van der Waals surface area (Å²) in [5.41, 5.74) is 1.72. The van der Waals surface area contributed by atoms with Gasteiger partial charge in [0.05, 0.1) is 4.99 Å². The molecule has 0 saturated heterocycles. The first-order chi connectivity index (χ1) is 31.5. The van der Waals surface area contributed by atoms with E-state index in [1.165, 1.54) is 6.92 Å². The molecule has 0 spiro atoms. The summed E-state index contributed by atoms with van der Waals surface area (Å²) in [5.74, 6) is -3.15. The van der Waals surface area contributed by atoms with Crippen molar-refractivity contribution in [1.82, 2.24) is 41.5 Å². The summed E-state index contributed by atoms with van der Waals surface area (Å²) >= 11 is 10.4. The van der Waals surface area contributed by atoms with E-state index in [2.05, 4.69) is 31.9 Å². The normalized spacial score (nSPS) is 10.6. The zero-order valence-corrected chi connectivity index (χ0v) is 40.1. The second-order valence-electron chi connectivity index (χ2n) is 15.6. The van der Waals surface area contributed by atoms with Crippen LogP contribution in [-0.4, -0.2) is 145 Å². The number of nitrogens with zero attached hydrogens (tertiary/aromatic N) is 4. The number of amides is 7. The summed E-state index contributed by atoms with van der Waals surface area (Å²) in [6.07, 6.45) is 6.62. The fraction of sp³-hybridized carbons (Fsp3) is 0.651. The summed E-state index contributed by atoms with van der Waals surface area (Å²) in [4.78, 5) is 84.6. The van der Waals surface area contributed by atoms with Crippen molar-refractivity contribution in [3.05, 3.63) is 24.3 Å². The fourth-order valence-corrected chi connectivity index (χ4v) is 6.34. The van der Waals surface area contributed by atoms with Gasteiger partial charge in [-0.15, -0.1) is 0 Å². The molecule has 0 aromatic heterocycles. The summed E-state index contributed by atoms with van der Waals surface area (Å²) in [7, 11) is 0. The third-order valence-corrected chi connectivity index (χ3v) is 10.2. The van der Waals surface area contributed by atoms with E-state index in [1.54, 1.807) is 6.92 Å². The minimum Gasteiger partial charge on any atom is -0.362 e. The van der Waals surface area contributed by atoms with Crippen LogP contribution < -0.4 is 31.9 Å². The zero-order chi connectivity index (χ0) is 49.1. The van der Waals surface area contributed by atoms with Crippen LogP contribution in [0.2, 0.25) is 0 Å². The van der Waals surface area contributed by atoms with Gasteiger partial charge in [0.25, 0.3) is 0 Å². The van der Waals surface area contributed by atoms with Gasteiger partial charge in [0.2, 0.25) is 41.4 Å². The first-order valence-electron chi connectivity index (χ1n) is 22.7. The number of hydroxylamine groups is 8. The summed E-state index contributed by atoms with van der Waals surface area (Å²) < 4.78 is 0. The van der Waals surface area contributed by atoms with Gasteiger partial charge >= 0.3 is 0 Å². The second kappa shape index (κ2) is 36.1. The van der Waals surface area contributed by atoms with Crippen LogP contribution in [0.3, 0.4) is 0 Å². The van der Waals surface area contributed by atoms with Gasteiger partial charge in [-0.25, -0.2) is 20.3 Å². The Balaban J connectivity index is 2.00. The SMILES string of the molecule is CC(=O)N(O)CCCCCNC(=O)CCC(=O)N(O)CCCCCNC(=O)CCC(=O)N(O)CCCCCNC(=O)CCC(=O)N(O)CCCCCNC(=S)Nc1ccc(NC(C)=S)cc1. The Morgan fingerprint density at radius 1 is 0.424 bits per heavy atom. The maximum Gasteiger partial charge on any atom is 0.246 e. The lowest BCUT2D eigenvalue weighted by Crippen LogP contribution is -2.32. The molecule has 0 bridgehead atoms. The number of hydrogen-bond acceptors (Lipinski definition) is 13. The highest BCUT2D eigenvalue weighted by atomic mass is 32.1. The lowest BCUT2D eigenvalue weighted by molar-refractivity contribution is -0.166. The van der Waals surface area contributed by atoms with E-state index in [1.807, 2.05) is 24.3 Å². The van der Waals surface area contributed by atoms with Crippen molar-refractivity contribution < 1.29 is 54.4 Å². The molecular formula is C43H72N10O11S2. The maximum atomic E-state index is 12.3. The molecule has 66 heavy (non-hydrogen) atoms. The van der Waals surface area contributed by atoms with E-state index in [0.29, 0.717) is 121 Å². The summed E-state index contributed by atoms with van der Waals surface area (Å²) in [6.45, 7) is 5.26. The lowest BCUT2D eigenvalue weighted by Gasteiger charge is -2.15. The lowest BCUT2D eigenvalue weighted by atomic mass is 10.2. The molecule has 0 unspecified atom stereocenters. The molecule has 0 atom stereocenters. The van der Waals surface area contributed by atoms with Gasteiger partial charge in [0.1, 0.15) is 0 Å². The van der Waals surface area contributed by atoms with Crippen LogP contribution in [0.25, 0.3) is 0 Å². The molecule has 23 heteroatoms. The third kappa shape index (κ3) is 31.0. The van der Waals surface area contributed by atoms with E-state index < -0.39 is 23.6 Å². The molecule has 372 valence electrons. The Morgan fingerprint density at radius 3 is 1.05 bits per heavy atom. The molecule has 0 aliphatic heterocycles. The molecule has 7 amide bonds. The number of benzene rings is 1. The molecule has 1 rings (SSSR count). The minimum atomic E-state index is -0.594. The minimum absolute atomic E-state index is 0.0630. The molecule has 10 N–H and O–H groups in total. The number of carbonyl (C=O) groups is 7. The molecule has 21 nitrogen and oxygen atoms in total. The van der Waals surface area contributed by atoms with Crippen LogP contribution >= 0.6 is 24.4 Å². The molecule has 0 saturated carbocycles. The number of unbranched alkanes of at least 4 members (excludes halogenated alkanes) is 8. The number of rotatable bonds is 35. The van der Waals surface area contributed by atoms with E-state index in [0.717, 1.165) is 24.2 Å². The van der Waals surface area contributed by atoms with Crippen molar-refractivity contribution in [2.45, 2.75) is 129 Å². The van der Waals surface area contributed by atoms with Crippen molar-refractivity contribution >= 4 is 87.3 Å². The first kappa shape index (κ1) is 58.9. The van der Waals surface area contributed by atoms with Crippen molar-refractivity contribution in [3.63, 3.8) is 0 Å². The average molecular weight is 969 g/mol. The topological polar surface area (TPSA) is 286 Å². The first-order valence-corrected chi connectivity index (χ1v) is 23.5. The number of anilines is 2. The highest BCUT2D eigenvalue weighted by molar-refractivity contribution is 7.80. The van der Waals surface area contributed by atoms with Crippen molar-refractivity contribution in [1.29, 1.82) is 0 Å². The Bertz CT molecular complexity index is 1680. The quantitative estimate of drug-likeness (QED) is 0.0199. The standard InChI is InChI=1S/C43H72N10O11S2/c1-33(65)48-35-15-17-36(18-16-35)49-43(66)47-28-10-6-14-32-53(64)42(60)24-21-39(57)46-27-9-5-13-31-52(63)41(59)23-20-38(56)45-26-8-4-12-30-51(62)40(58)22-19-37(55)44-25-7-3-11-29-50(61)34(2)54/h15-18,61-64H,3-14,19-32H2,1-2H3,(H,44,55)(H,45,56)(H,46,57)(H,48,65)(H2,47,49,66). The fourth-order valence-electron chi connectivity index (χ4n) is 6.00. The maximum absolute atomic E-state index is 12.3. The molecule has 1 aromatic rings. The van der Waals surface area contributed by atoms with Crippen LogP contribution in [-0.2, 0) is 33.6 Å². The summed E-state index contributed by atoms with van der Waals surface area (Å²) in [5, 5.41) is 59.7.